The fourth-order valence-electron chi connectivity index (χ4n) is 2.20. The first-order valence-electron chi connectivity index (χ1n) is 7.55. The minimum absolute atomic E-state index is 0.0375. The van der Waals surface area contributed by atoms with E-state index in [-0.39, 0.29) is 18.2 Å². The summed E-state index contributed by atoms with van der Waals surface area (Å²) in [6, 6.07) is 12.7. The molecule has 1 aromatic carbocycles. The van der Waals surface area contributed by atoms with Crippen LogP contribution in [0.15, 0.2) is 54.9 Å². The van der Waals surface area contributed by atoms with Gasteiger partial charge in [0.1, 0.15) is 5.82 Å². The van der Waals surface area contributed by atoms with Crippen LogP contribution in [0, 0.1) is 11.3 Å². The number of nitrogens with zero attached hydrogens (tertiary/aromatic N) is 4. The van der Waals surface area contributed by atoms with Crippen LogP contribution in [0.3, 0.4) is 0 Å². The Morgan fingerprint density at radius 3 is 2.31 bits per heavy atom. The smallest absolute Gasteiger partial charge is 0.366 e. The van der Waals surface area contributed by atoms with Crippen molar-refractivity contribution in [1.82, 2.24) is 15.0 Å². The Morgan fingerprint density at radius 1 is 1.00 bits per heavy atom. The predicted octanol–water partition coefficient (Wildman–Crippen LogP) is 4.04. The van der Waals surface area contributed by atoms with Crippen LogP contribution < -0.4 is 5.32 Å². The van der Waals surface area contributed by atoms with E-state index in [2.05, 4.69) is 20.3 Å². The lowest BCUT2D eigenvalue weighted by Crippen LogP contribution is -2.12. The van der Waals surface area contributed by atoms with Gasteiger partial charge < -0.3 is 5.32 Å². The third kappa shape index (κ3) is 4.13. The minimum Gasteiger partial charge on any atom is -0.366 e. The maximum absolute atomic E-state index is 13.1. The van der Waals surface area contributed by atoms with Crippen molar-refractivity contribution >= 4 is 5.82 Å². The van der Waals surface area contributed by atoms with Crippen LogP contribution in [0.25, 0.3) is 11.4 Å². The van der Waals surface area contributed by atoms with Gasteiger partial charge in [0.2, 0.25) is 0 Å². The van der Waals surface area contributed by atoms with E-state index < -0.39 is 11.9 Å². The topological polar surface area (TPSA) is 74.5 Å². The minimum atomic E-state index is -4.59. The van der Waals surface area contributed by atoms with Crippen molar-refractivity contribution in [2.45, 2.75) is 12.7 Å². The van der Waals surface area contributed by atoms with Crippen molar-refractivity contribution in [1.29, 1.82) is 5.26 Å². The molecule has 0 fully saturated rings. The summed E-state index contributed by atoms with van der Waals surface area (Å²) in [6.07, 6.45) is -1.67. The van der Waals surface area contributed by atoms with Crippen LogP contribution >= 0.6 is 0 Å². The van der Waals surface area contributed by atoms with Gasteiger partial charge in [-0.1, -0.05) is 12.1 Å². The molecule has 0 amide bonds. The van der Waals surface area contributed by atoms with E-state index in [1.54, 1.807) is 36.4 Å². The average Bonchev–Trinajstić information content (AvgIpc) is 2.66. The standard InChI is InChI=1S/C18H12F3N5/c19-18(20,21)15-9-16(24-11-13-3-1-12(10-22)2-4-13)26-17(25-15)14-5-7-23-8-6-14/h1-9H,11H2,(H,24,25,26). The molecule has 0 spiro atoms. The molecule has 2 heterocycles. The Labute approximate surface area is 147 Å². The number of anilines is 1. The summed E-state index contributed by atoms with van der Waals surface area (Å²) in [5.41, 5.74) is 0.728. The molecule has 5 nitrogen and oxygen atoms in total. The normalized spacial score (nSPS) is 11.0. The number of benzene rings is 1. The molecule has 3 aromatic rings. The number of halogens is 3. The fraction of sp³-hybridized carbons (Fsp3) is 0.111. The van der Waals surface area contributed by atoms with Gasteiger partial charge in [0.05, 0.1) is 11.6 Å². The predicted molar refractivity (Wildman–Crippen MR) is 88.7 cm³/mol. The van der Waals surface area contributed by atoms with Crippen molar-refractivity contribution in [3.63, 3.8) is 0 Å². The summed E-state index contributed by atoms with van der Waals surface area (Å²) >= 11 is 0. The zero-order valence-electron chi connectivity index (χ0n) is 13.3. The van der Waals surface area contributed by atoms with E-state index in [4.69, 9.17) is 5.26 Å². The maximum atomic E-state index is 13.1. The van der Waals surface area contributed by atoms with Gasteiger partial charge in [-0.25, -0.2) is 9.97 Å². The van der Waals surface area contributed by atoms with Gasteiger partial charge in [-0.2, -0.15) is 18.4 Å². The van der Waals surface area contributed by atoms with Crippen LogP contribution in [0.1, 0.15) is 16.8 Å². The van der Waals surface area contributed by atoms with Gasteiger partial charge in [0.15, 0.2) is 11.5 Å². The Bertz CT molecular complexity index is 932. The summed E-state index contributed by atoms with van der Waals surface area (Å²) in [7, 11) is 0. The second-order valence-electron chi connectivity index (χ2n) is 5.36. The maximum Gasteiger partial charge on any atom is 0.433 e. The van der Waals surface area contributed by atoms with Crippen molar-refractivity contribution in [2.75, 3.05) is 5.32 Å². The van der Waals surface area contributed by atoms with Gasteiger partial charge in [-0.3, -0.25) is 4.98 Å². The van der Waals surface area contributed by atoms with Crippen molar-refractivity contribution in [3.05, 3.63) is 71.7 Å². The Balaban J connectivity index is 1.89. The Morgan fingerprint density at radius 2 is 1.69 bits per heavy atom. The quantitative estimate of drug-likeness (QED) is 0.764. The van der Waals surface area contributed by atoms with Crippen molar-refractivity contribution in [2.24, 2.45) is 0 Å². The first-order valence-corrected chi connectivity index (χ1v) is 7.55. The molecule has 1 N–H and O–H groups in total. The Hall–Kier alpha value is -3.47. The van der Waals surface area contributed by atoms with Crippen LogP contribution in [0.4, 0.5) is 19.0 Å². The van der Waals surface area contributed by atoms with Crippen LogP contribution in [0.5, 0.6) is 0 Å². The third-order valence-electron chi connectivity index (χ3n) is 3.51. The molecule has 8 heteroatoms. The lowest BCUT2D eigenvalue weighted by Gasteiger charge is -2.12. The monoisotopic (exact) mass is 355 g/mol. The summed E-state index contributed by atoms with van der Waals surface area (Å²) in [5.74, 6) is 0.0213. The van der Waals surface area contributed by atoms with Crippen LogP contribution in [-0.2, 0) is 12.7 Å². The van der Waals surface area contributed by atoms with Gasteiger partial charge in [0.25, 0.3) is 0 Å². The van der Waals surface area contributed by atoms with Crippen molar-refractivity contribution < 1.29 is 13.2 Å². The molecule has 0 aliphatic heterocycles. The lowest BCUT2D eigenvalue weighted by molar-refractivity contribution is -0.141. The average molecular weight is 355 g/mol. The van der Waals surface area contributed by atoms with Gasteiger partial charge in [0, 0.05) is 30.6 Å². The Kier molecular flexibility index (Phi) is 4.80. The molecule has 130 valence electrons. The molecule has 3 rings (SSSR count). The van der Waals surface area contributed by atoms with E-state index in [1.807, 2.05) is 6.07 Å². The molecular formula is C18H12F3N5. The second kappa shape index (κ2) is 7.19. The highest BCUT2D eigenvalue weighted by Gasteiger charge is 2.33. The summed E-state index contributed by atoms with van der Waals surface area (Å²) in [4.78, 5) is 11.6. The zero-order valence-corrected chi connectivity index (χ0v) is 13.3. The van der Waals surface area contributed by atoms with E-state index >= 15 is 0 Å². The highest BCUT2D eigenvalue weighted by molar-refractivity contribution is 5.57. The second-order valence-corrected chi connectivity index (χ2v) is 5.36. The third-order valence-corrected chi connectivity index (χ3v) is 3.51. The summed E-state index contributed by atoms with van der Waals surface area (Å²) < 4.78 is 39.4. The molecule has 0 aliphatic carbocycles. The highest BCUT2D eigenvalue weighted by atomic mass is 19.4. The van der Waals surface area contributed by atoms with Gasteiger partial charge in [-0.05, 0) is 29.8 Å². The number of alkyl halides is 3. The SMILES string of the molecule is N#Cc1ccc(CNc2cc(C(F)(F)F)nc(-c3ccncc3)n2)cc1. The van der Waals surface area contributed by atoms with Gasteiger partial charge in [-0.15, -0.1) is 0 Å². The molecule has 0 unspecified atom stereocenters. The number of hydrogen-bond donors (Lipinski definition) is 1. The van der Waals surface area contributed by atoms with E-state index in [1.165, 1.54) is 12.4 Å². The molecular weight excluding hydrogens is 343 g/mol. The molecule has 0 radical (unpaired) electrons. The summed E-state index contributed by atoms with van der Waals surface area (Å²) in [6.45, 7) is 0.260. The summed E-state index contributed by atoms with van der Waals surface area (Å²) in [5, 5.41) is 11.7. The number of aromatic nitrogens is 3. The largest absolute Gasteiger partial charge is 0.433 e. The molecule has 2 aromatic heterocycles. The molecule has 26 heavy (non-hydrogen) atoms. The highest BCUT2D eigenvalue weighted by Crippen LogP contribution is 2.30. The number of nitriles is 1. The number of nitrogens with one attached hydrogen (secondary N) is 1. The molecule has 0 saturated carbocycles. The van der Waals surface area contributed by atoms with Gasteiger partial charge >= 0.3 is 6.18 Å². The fourth-order valence-corrected chi connectivity index (χ4v) is 2.20. The molecule has 0 bridgehead atoms. The number of pyridine rings is 1. The first-order chi connectivity index (χ1) is 12.5. The molecule has 0 saturated heterocycles. The molecule has 0 aliphatic rings. The van der Waals surface area contributed by atoms with E-state index in [9.17, 15) is 13.2 Å². The lowest BCUT2D eigenvalue weighted by atomic mass is 10.1. The molecule has 0 atom stereocenters. The van der Waals surface area contributed by atoms with Crippen LogP contribution in [0.2, 0.25) is 0 Å². The van der Waals surface area contributed by atoms with E-state index in [0.717, 1.165) is 11.6 Å². The van der Waals surface area contributed by atoms with E-state index in [0.29, 0.717) is 11.1 Å². The van der Waals surface area contributed by atoms with Crippen LogP contribution in [-0.4, -0.2) is 15.0 Å². The van der Waals surface area contributed by atoms with Crippen molar-refractivity contribution in [3.8, 4) is 17.5 Å². The first kappa shape index (κ1) is 17.4. The number of rotatable bonds is 4. The zero-order chi connectivity index (χ0) is 18.6. The number of hydrogen-bond acceptors (Lipinski definition) is 5.